The normalized spacial score (nSPS) is 10.7. The summed E-state index contributed by atoms with van der Waals surface area (Å²) in [7, 11) is 1.88. The van der Waals surface area contributed by atoms with Crippen molar-refractivity contribution in [2.24, 2.45) is 7.05 Å². The zero-order chi connectivity index (χ0) is 12.3. The number of hydrogen-bond donors (Lipinski definition) is 2. The first-order valence-electron chi connectivity index (χ1n) is 5.18. The Kier molecular flexibility index (Phi) is 3.61. The van der Waals surface area contributed by atoms with Gasteiger partial charge in [-0.3, -0.25) is 0 Å². The lowest BCUT2D eigenvalue weighted by Crippen LogP contribution is -2.15. The molecule has 0 radical (unpaired) electrons. The van der Waals surface area contributed by atoms with Gasteiger partial charge in [-0.15, -0.1) is 10.2 Å². The standard InChI is InChI=1S/C11H13ClN4O/c1-16-7-14-15-11(16)6-13-5-8-4-9(12)2-3-10(8)17/h2-4,7,13,17H,5-6H2,1H3. The van der Waals surface area contributed by atoms with Gasteiger partial charge in [0.05, 0.1) is 6.54 Å². The maximum absolute atomic E-state index is 9.61. The molecular weight excluding hydrogens is 240 g/mol. The summed E-state index contributed by atoms with van der Waals surface area (Å²) in [6, 6.07) is 4.98. The van der Waals surface area contributed by atoms with Crippen LogP contribution in [0.25, 0.3) is 0 Å². The van der Waals surface area contributed by atoms with E-state index in [4.69, 9.17) is 11.6 Å². The molecule has 0 saturated carbocycles. The molecule has 0 unspecified atom stereocenters. The molecule has 2 aromatic rings. The van der Waals surface area contributed by atoms with Crippen molar-refractivity contribution in [3.05, 3.63) is 40.9 Å². The minimum Gasteiger partial charge on any atom is -0.508 e. The van der Waals surface area contributed by atoms with Crippen molar-refractivity contribution < 1.29 is 5.11 Å². The van der Waals surface area contributed by atoms with Gasteiger partial charge in [0.2, 0.25) is 0 Å². The van der Waals surface area contributed by atoms with Crippen LogP contribution in [0.5, 0.6) is 5.75 Å². The van der Waals surface area contributed by atoms with Crippen molar-refractivity contribution in [1.82, 2.24) is 20.1 Å². The number of rotatable bonds is 4. The Hall–Kier alpha value is -1.59. The van der Waals surface area contributed by atoms with Crippen LogP contribution in [0.1, 0.15) is 11.4 Å². The fourth-order valence-electron chi connectivity index (χ4n) is 1.47. The fourth-order valence-corrected chi connectivity index (χ4v) is 1.67. The van der Waals surface area contributed by atoms with Crippen LogP contribution in [-0.4, -0.2) is 19.9 Å². The molecule has 1 heterocycles. The molecule has 0 aliphatic rings. The van der Waals surface area contributed by atoms with Crippen molar-refractivity contribution >= 4 is 11.6 Å². The van der Waals surface area contributed by atoms with Crippen LogP contribution < -0.4 is 5.32 Å². The zero-order valence-electron chi connectivity index (χ0n) is 9.39. The van der Waals surface area contributed by atoms with Crippen molar-refractivity contribution in [2.75, 3.05) is 0 Å². The molecule has 0 spiro atoms. The molecule has 1 aromatic carbocycles. The van der Waals surface area contributed by atoms with E-state index in [1.165, 1.54) is 0 Å². The van der Waals surface area contributed by atoms with Gasteiger partial charge in [0.25, 0.3) is 0 Å². The van der Waals surface area contributed by atoms with E-state index in [1.807, 2.05) is 11.6 Å². The number of halogens is 1. The average molecular weight is 253 g/mol. The maximum Gasteiger partial charge on any atom is 0.146 e. The lowest BCUT2D eigenvalue weighted by Gasteiger charge is -2.06. The highest BCUT2D eigenvalue weighted by Crippen LogP contribution is 2.21. The SMILES string of the molecule is Cn1cnnc1CNCc1cc(Cl)ccc1O. The van der Waals surface area contributed by atoms with Crippen LogP contribution >= 0.6 is 11.6 Å². The third kappa shape index (κ3) is 2.95. The third-order valence-corrected chi connectivity index (χ3v) is 2.68. The van der Waals surface area contributed by atoms with Gasteiger partial charge in [0, 0.05) is 24.2 Å². The Morgan fingerprint density at radius 3 is 2.94 bits per heavy atom. The van der Waals surface area contributed by atoms with E-state index >= 15 is 0 Å². The quantitative estimate of drug-likeness (QED) is 0.865. The van der Waals surface area contributed by atoms with Gasteiger partial charge in [-0.05, 0) is 18.2 Å². The smallest absolute Gasteiger partial charge is 0.146 e. The first-order chi connectivity index (χ1) is 8.16. The van der Waals surface area contributed by atoms with Crippen LogP contribution in [0.3, 0.4) is 0 Å². The summed E-state index contributed by atoms with van der Waals surface area (Å²) in [5.74, 6) is 1.08. The molecule has 2 N–H and O–H groups in total. The second kappa shape index (κ2) is 5.16. The van der Waals surface area contributed by atoms with Gasteiger partial charge in [0.1, 0.15) is 17.9 Å². The molecule has 17 heavy (non-hydrogen) atoms. The number of nitrogens with zero attached hydrogens (tertiary/aromatic N) is 3. The lowest BCUT2D eigenvalue weighted by atomic mass is 10.2. The van der Waals surface area contributed by atoms with E-state index in [2.05, 4.69) is 15.5 Å². The van der Waals surface area contributed by atoms with Crippen LogP contribution in [0.15, 0.2) is 24.5 Å². The highest BCUT2D eigenvalue weighted by atomic mass is 35.5. The molecule has 0 fully saturated rings. The summed E-state index contributed by atoms with van der Waals surface area (Å²) < 4.78 is 1.84. The Bertz CT molecular complexity index is 512. The first kappa shape index (κ1) is 11.9. The van der Waals surface area contributed by atoms with E-state index in [0.717, 1.165) is 11.4 Å². The molecule has 90 valence electrons. The lowest BCUT2D eigenvalue weighted by molar-refractivity contribution is 0.463. The van der Waals surface area contributed by atoms with Crippen molar-refractivity contribution in [3.8, 4) is 5.75 Å². The van der Waals surface area contributed by atoms with Crippen LogP contribution in [0, 0.1) is 0 Å². The number of aromatic nitrogens is 3. The molecular formula is C11H13ClN4O. The molecule has 0 bridgehead atoms. The summed E-state index contributed by atoms with van der Waals surface area (Å²) in [5.41, 5.74) is 0.764. The van der Waals surface area contributed by atoms with Gasteiger partial charge in [-0.2, -0.15) is 0 Å². The number of phenols is 1. The van der Waals surface area contributed by atoms with E-state index in [-0.39, 0.29) is 5.75 Å². The number of benzene rings is 1. The molecule has 0 aliphatic carbocycles. The number of hydrogen-bond acceptors (Lipinski definition) is 4. The molecule has 2 rings (SSSR count). The fraction of sp³-hybridized carbons (Fsp3) is 0.273. The minimum atomic E-state index is 0.236. The highest BCUT2D eigenvalue weighted by molar-refractivity contribution is 6.30. The van der Waals surface area contributed by atoms with E-state index in [9.17, 15) is 5.11 Å². The van der Waals surface area contributed by atoms with Crippen molar-refractivity contribution in [2.45, 2.75) is 13.1 Å². The number of aromatic hydroxyl groups is 1. The maximum atomic E-state index is 9.61. The minimum absolute atomic E-state index is 0.236. The molecule has 0 aliphatic heterocycles. The zero-order valence-corrected chi connectivity index (χ0v) is 10.1. The van der Waals surface area contributed by atoms with Crippen molar-refractivity contribution in [3.63, 3.8) is 0 Å². The van der Waals surface area contributed by atoms with Gasteiger partial charge < -0.3 is 15.0 Å². The average Bonchev–Trinajstić information content (AvgIpc) is 2.70. The van der Waals surface area contributed by atoms with E-state index in [1.54, 1.807) is 24.5 Å². The summed E-state index contributed by atoms with van der Waals surface area (Å²) in [5, 5.41) is 21.1. The first-order valence-corrected chi connectivity index (χ1v) is 5.55. The van der Waals surface area contributed by atoms with Crippen LogP contribution in [0.2, 0.25) is 5.02 Å². The van der Waals surface area contributed by atoms with Gasteiger partial charge in [-0.25, -0.2) is 0 Å². The molecule has 0 amide bonds. The van der Waals surface area contributed by atoms with Gasteiger partial charge in [0.15, 0.2) is 0 Å². The topological polar surface area (TPSA) is 63.0 Å². The monoisotopic (exact) mass is 252 g/mol. The second-order valence-corrected chi connectivity index (χ2v) is 4.17. The second-order valence-electron chi connectivity index (χ2n) is 3.73. The Morgan fingerprint density at radius 2 is 2.24 bits per heavy atom. The number of aryl methyl sites for hydroxylation is 1. The van der Waals surface area contributed by atoms with Crippen LogP contribution in [0.4, 0.5) is 0 Å². The Balaban J connectivity index is 1.94. The molecule has 0 saturated heterocycles. The number of phenolic OH excluding ortho intramolecular Hbond substituents is 1. The largest absolute Gasteiger partial charge is 0.508 e. The molecule has 6 heteroatoms. The third-order valence-electron chi connectivity index (χ3n) is 2.45. The highest BCUT2D eigenvalue weighted by Gasteiger charge is 2.03. The van der Waals surface area contributed by atoms with Crippen molar-refractivity contribution in [1.29, 1.82) is 0 Å². The van der Waals surface area contributed by atoms with Gasteiger partial charge >= 0.3 is 0 Å². The summed E-state index contributed by atoms with van der Waals surface area (Å²) in [6.45, 7) is 1.11. The molecule has 0 atom stereocenters. The van der Waals surface area contributed by atoms with E-state index in [0.29, 0.717) is 18.1 Å². The van der Waals surface area contributed by atoms with Crippen LogP contribution in [-0.2, 0) is 20.1 Å². The predicted molar refractivity (Wildman–Crippen MR) is 64.7 cm³/mol. The summed E-state index contributed by atoms with van der Waals surface area (Å²) in [4.78, 5) is 0. The van der Waals surface area contributed by atoms with Gasteiger partial charge in [-0.1, -0.05) is 11.6 Å². The van der Waals surface area contributed by atoms with E-state index < -0.39 is 0 Å². The molecule has 1 aromatic heterocycles. The number of nitrogens with one attached hydrogen (secondary N) is 1. The summed E-state index contributed by atoms with van der Waals surface area (Å²) >= 11 is 5.86. The summed E-state index contributed by atoms with van der Waals surface area (Å²) in [6.07, 6.45) is 1.65. The predicted octanol–water partition coefficient (Wildman–Crippen LogP) is 1.46. The molecule has 5 nitrogen and oxygen atoms in total. The Morgan fingerprint density at radius 1 is 1.41 bits per heavy atom. The Labute approximate surface area is 104 Å².